The summed E-state index contributed by atoms with van der Waals surface area (Å²) in [6.07, 6.45) is 1.29. The molecule has 0 spiro atoms. The SMILES string of the molecule is CC(/C=C(O)\N=C(/N)c1cccs1)C(=O)NC(C)c1n[nH]c(=O)[nH]1. The molecule has 0 fully saturated rings. The largest absolute Gasteiger partial charge is 0.493 e. The van der Waals surface area contributed by atoms with E-state index in [0.29, 0.717) is 5.82 Å². The summed E-state index contributed by atoms with van der Waals surface area (Å²) in [5, 5.41) is 20.3. The van der Waals surface area contributed by atoms with E-state index < -0.39 is 17.6 Å². The number of aliphatic hydroxyl groups excluding tert-OH is 1. The number of amidine groups is 1. The first-order valence-corrected chi connectivity index (χ1v) is 7.98. The molecule has 0 radical (unpaired) electrons. The lowest BCUT2D eigenvalue weighted by atomic mass is 10.1. The van der Waals surface area contributed by atoms with Crippen LogP contribution < -0.4 is 16.7 Å². The van der Waals surface area contributed by atoms with Gasteiger partial charge in [0, 0.05) is 0 Å². The fourth-order valence-electron chi connectivity index (χ4n) is 1.84. The van der Waals surface area contributed by atoms with Gasteiger partial charge in [-0.15, -0.1) is 11.3 Å². The van der Waals surface area contributed by atoms with E-state index in [0.717, 1.165) is 4.88 Å². The van der Waals surface area contributed by atoms with Crippen LogP contribution in [0.5, 0.6) is 0 Å². The fourth-order valence-corrected chi connectivity index (χ4v) is 2.47. The average Bonchev–Trinajstić information content (AvgIpc) is 3.17. The molecule has 0 bridgehead atoms. The summed E-state index contributed by atoms with van der Waals surface area (Å²) in [5.74, 6) is -0.868. The second-order valence-corrected chi connectivity index (χ2v) is 6.03. The molecule has 24 heavy (non-hydrogen) atoms. The molecule has 2 atom stereocenters. The molecule has 0 saturated carbocycles. The highest BCUT2D eigenvalue weighted by Crippen LogP contribution is 2.11. The van der Waals surface area contributed by atoms with Crippen LogP contribution in [0.1, 0.15) is 30.6 Å². The Hall–Kier alpha value is -2.88. The predicted octanol–water partition coefficient (Wildman–Crippen LogP) is 0.778. The number of carbonyl (C=O) groups is 1. The standard InChI is InChI=1S/C14H18N6O3S/c1-7(6-10(21)17-11(15)9-4-3-5-24-9)13(22)16-8(2)12-18-14(23)20-19-12/h3-8,21H,1-2H3,(H2,15,17)(H,16,22)(H2,18,19,20,23)/b10-6+. The minimum Gasteiger partial charge on any atom is -0.493 e. The monoisotopic (exact) mass is 350 g/mol. The fraction of sp³-hybridized carbons (Fsp3) is 0.286. The number of carbonyl (C=O) groups excluding carboxylic acids is 1. The number of amides is 1. The number of hydrogen-bond acceptors (Lipinski definition) is 6. The van der Waals surface area contributed by atoms with Crippen molar-refractivity contribution < 1.29 is 9.90 Å². The zero-order chi connectivity index (χ0) is 17.7. The summed E-state index contributed by atoms with van der Waals surface area (Å²) < 4.78 is 0. The van der Waals surface area contributed by atoms with Gasteiger partial charge in [-0.1, -0.05) is 6.07 Å². The molecule has 128 valence electrons. The van der Waals surface area contributed by atoms with Crippen molar-refractivity contribution >= 4 is 23.1 Å². The average molecular weight is 350 g/mol. The molecule has 9 nitrogen and oxygen atoms in total. The highest BCUT2D eigenvalue weighted by Gasteiger charge is 2.17. The van der Waals surface area contributed by atoms with Gasteiger partial charge in [-0.3, -0.25) is 9.78 Å². The van der Waals surface area contributed by atoms with E-state index in [-0.39, 0.29) is 17.6 Å². The lowest BCUT2D eigenvalue weighted by molar-refractivity contribution is -0.123. The van der Waals surface area contributed by atoms with Gasteiger partial charge in [0.2, 0.25) is 11.8 Å². The van der Waals surface area contributed by atoms with Crippen LogP contribution >= 0.6 is 11.3 Å². The third-order valence-electron chi connectivity index (χ3n) is 3.11. The minimum absolute atomic E-state index is 0.175. The Labute approximate surface area is 141 Å². The van der Waals surface area contributed by atoms with Gasteiger partial charge in [0.05, 0.1) is 16.8 Å². The van der Waals surface area contributed by atoms with Gasteiger partial charge in [0.15, 0.2) is 5.82 Å². The number of nitrogens with one attached hydrogen (secondary N) is 3. The Bertz CT molecular complexity index is 805. The normalized spacial score (nSPS) is 15.1. The summed E-state index contributed by atoms with van der Waals surface area (Å²) in [6.45, 7) is 3.27. The van der Waals surface area contributed by atoms with E-state index in [4.69, 9.17) is 5.73 Å². The molecule has 2 aromatic rings. The Morgan fingerprint density at radius 2 is 2.29 bits per heavy atom. The molecule has 0 saturated heterocycles. The van der Waals surface area contributed by atoms with E-state index in [9.17, 15) is 14.7 Å². The molecule has 0 aliphatic rings. The molecular formula is C14H18N6O3S. The molecule has 6 N–H and O–H groups in total. The molecule has 0 aromatic carbocycles. The van der Waals surface area contributed by atoms with Gasteiger partial charge < -0.3 is 16.2 Å². The molecule has 10 heteroatoms. The number of thiophene rings is 1. The quantitative estimate of drug-likeness (QED) is 0.296. The maximum atomic E-state index is 12.1. The van der Waals surface area contributed by atoms with Crippen LogP contribution in [0.25, 0.3) is 0 Å². The summed E-state index contributed by atoms with van der Waals surface area (Å²) in [5.41, 5.74) is 5.32. The molecule has 0 aliphatic carbocycles. The van der Waals surface area contributed by atoms with Gasteiger partial charge in [-0.2, -0.15) is 10.1 Å². The Morgan fingerprint density at radius 3 is 2.88 bits per heavy atom. The van der Waals surface area contributed by atoms with Crippen molar-refractivity contribution in [2.24, 2.45) is 16.6 Å². The minimum atomic E-state index is -0.655. The number of H-pyrrole nitrogens is 2. The summed E-state index contributed by atoms with van der Waals surface area (Å²) in [6, 6.07) is 3.10. The highest BCUT2D eigenvalue weighted by atomic mass is 32.1. The van der Waals surface area contributed by atoms with Gasteiger partial charge in [0.25, 0.3) is 0 Å². The number of aliphatic hydroxyl groups is 1. The first kappa shape index (κ1) is 17.5. The maximum Gasteiger partial charge on any atom is 0.340 e. The van der Waals surface area contributed by atoms with Crippen molar-refractivity contribution in [3.8, 4) is 0 Å². The van der Waals surface area contributed by atoms with Crippen LogP contribution in [0.3, 0.4) is 0 Å². The molecule has 0 aliphatic heterocycles. The van der Waals surface area contributed by atoms with Gasteiger partial charge in [-0.25, -0.2) is 9.89 Å². The lowest BCUT2D eigenvalue weighted by Gasteiger charge is -2.13. The zero-order valence-corrected chi connectivity index (χ0v) is 13.9. The maximum absolute atomic E-state index is 12.1. The van der Waals surface area contributed by atoms with Crippen LogP contribution in [0.4, 0.5) is 0 Å². The van der Waals surface area contributed by atoms with E-state index in [1.54, 1.807) is 19.9 Å². The second kappa shape index (κ2) is 7.59. The lowest BCUT2D eigenvalue weighted by Crippen LogP contribution is -2.31. The third-order valence-corrected chi connectivity index (χ3v) is 4.00. The molecule has 2 heterocycles. The number of hydrogen-bond donors (Lipinski definition) is 5. The number of rotatable bonds is 6. The summed E-state index contributed by atoms with van der Waals surface area (Å²) in [7, 11) is 0. The van der Waals surface area contributed by atoms with E-state index in [1.807, 2.05) is 11.4 Å². The predicted molar refractivity (Wildman–Crippen MR) is 90.7 cm³/mol. The van der Waals surface area contributed by atoms with Gasteiger partial charge in [-0.05, 0) is 31.4 Å². The second-order valence-electron chi connectivity index (χ2n) is 5.08. The van der Waals surface area contributed by atoms with Crippen LogP contribution in [-0.2, 0) is 4.79 Å². The topological polar surface area (TPSA) is 149 Å². The number of nitrogens with two attached hydrogens (primary N) is 1. The third kappa shape index (κ3) is 4.56. The Balaban J connectivity index is 1.99. The number of aromatic amines is 2. The van der Waals surface area contributed by atoms with E-state index in [1.165, 1.54) is 17.4 Å². The van der Waals surface area contributed by atoms with Crippen LogP contribution in [0.2, 0.25) is 0 Å². The van der Waals surface area contributed by atoms with Gasteiger partial charge >= 0.3 is 5.69 Å². The van der Waals surface area contributed by atoms with E-state index >= 15 is 0 Å². The summed E-state index contributed by atoms with van der Waals surface area (Å²) >= 11 is 1.39. The van der Waals surface area contributed by atoms with Crippen LogP contribution in [0, 0.1) is 5.92 Å². The highest BCUT2D eigenvalue weighted by molar-refractivity contribution is 7.12. The molecule has 2 rings (SSSR count). The van der Waals surface area contributed by atoms with Crippen molar-refractivity contribution in [1.82, 2.24) is 20.5 Å². The summed E-state index contributed by atoms with van der Waals surface area (Å²) in [4.78, 5) is 30.2. The number of aliphatic imine (C=N–C) groups is 1. The van der Waals surface area contributed by atoms with Gasteiger partial charge in [0.1, 0.15) is 5.84 Å². The zero-order valence-electron chi connectivity index (χ0n) is 13.1. The van der Waals surface area contributed by atoms with Crippen LogP contribution in [-0.4, -0.2) is 32.0 Å². The first-order chi connectivity index (χ1) is 11.4. The van der Waals surface area contributed by atoms with Crippen LogP contribution in [0.15, 0.2) is 39.3 Å². The smallest absolute Gasteiger partial charge is 0.340 e. The number of nitrogens with zero attached hydrogens (tertiary/aromatic N) is 2. The first-order valence-electron chi connectivity index (χ1n) is 7.10. The number of aromatic nitrogens is 3. The molecule has 2 unspecified atom stereocenters. The van der Waals surface area contributed by atoms with Crippen molar-refractivity contribution in [1.29, 1.82) is 0 Å². The van der Waals surface area contributed by atoms with Crippen molar-refractivity contribution in [3.63, 3.8) is 0 Å². The molecular weight excluding hydrogens is 332 g/mol. The van der Waals surface area contributed by atoms with Crippen molar-refractivity contribution in [3.05, 3.63) is 50.7 Å². The molecule has 1 amide bonds. The van der Waals surface area contributed by atoms with Crippen molar-refractivity contribution in [2.75, 3.05) is 0 Å². The molecule has 2 aromatic heterocycles. The Kier molecular flexibility index (Phi) is 5.53. The van der Waals surface area contributed by atoms with E-state index in [2.05, 4.69) is 25.5 Å². The Morgan fingerprint density at radius 1 is 1.54 bits per heavy atom. The van der Waals surface area contributed by atoms with Crippen molar-refractivity contribution in [2.45, 2.75) is 19.9 Å².